The lowest BCUT2D eigenvalue weighted by Crippen LogP contribution is -2.30. The van der Waals surface area contributed by atoms with Crippen molar-refractivity contribution >= 4 is 22.4 Å². The van der Waals surface area contributed by atoms with Gasteiger partial charge in [-0.05, 0) is 29.4 Å². The van der Waals surface area contributed by atoms with Crippen molar-refractivity contribution < 1.29 is 4.74 Å². The van der Waals surface area contributed by atoms with Crippen LogP contribution in [0.1, 0.15) is 6.92 Å². The number of likely N-dealkylation sites (N-methyl/N-ethyl adjacent to an activating group) is 1. The summed E-state index contributed by atoms with van der Waals surface area (Å²) in [5, 5.41) is 2.46. The Balaban J connectivity index is 1.90. The van der Waals surface area contributed by atoms with Gasteiger partial charge in [0.05, 0.1) is 0 Å². The first kappa shape index (κ1) is 14.2. The zero-order valence-corrected chi connectivity index (χ0v) is 12.1. The van der Waals surface area contributed by atoms with E-state index in [4.69, 9.17) is 16.3 Å². The molecule has 19 heavy (non-hydrogen) atoms. The van der Waals surface area contributed by atoms with Gasteiger partial charge in [0.15, 0.2) is 0 Å². The van der Waals surface area contributed by atoms with Crippen LogP contribution < -0.4 is 4.74 Å². The van der Waals surface area contributed by atoms with Crippen LogP contribution in [0.4, 0.5) is 0 Å². The Kier molecular flexibility index (Phi) is 5.49. The molecule has 0 saturated heterocycles. The summed E-state index contributed by atoms with van der Waals surface area (Å²) in [7, 11) is 0. The van der Waals surface area contributed by atoms with Crippen LogP contribution in [0.25, 0.3) is 10.8 Å². The van der Waals surface area contributed by atoms with Crippen molar-refractivity contribution in [3.63, 3.8) is 0 Å². The summed E-state index contributed by atoms with van der Waals surface area (Å²) < 4.78 is 5.81. The van der Waals surface area contributed by atoms with Gasteiger partial charge in [0.1, 0.15) is 12.4 Å². The molecule has 2 nitrogen and oxygen atoms in total. The zero-order chi connectivity index (χ0) is 13.5. The summed E-state index contributed by atoms with van der Waals surface area (Å²) in [6, 6.07) is 14.5. The second-order valence-corrected chi connectivity index (χ2v) is 4.86. The number of benzene rings is 2. The Labute approximate surface area is 119 Å². The van der Waals surface area contributed by atoms with Crippen molar-refractivity contribution in [2.45, 2.75) is 6.92 Å². The Morgan fingerprint density at radius 2 is 1.84 bits per heavy atom. The van der Waals surface area contributed by atoms with Gasteiger partial charge < -0.3 is 4.74 Å². The van der Waals surface area contributed by atoms with Crippen molar-refractivity contribution in [2.24, 2.45) is 0 Å². The van der Waals surface area contributed by atoms with Gasteiger partial charge >= 0.3 is 0 Å². The summed E-state index contributed by atoms with van der Waals surface area (Å²) in [6.07, 6.45) is 0. The summed E-state index contributed by atoms with van der Waals surface area (Å²) in [5.41, 5.74) is 0. The third kappa shape index (κ3) is 4.12. The van der Waals surface area contributed by atoms with Crippen molar-refractivity contribution in [2.75, 3.05) is 32.1 Å². The molecular formula is C16H20ClNO. The molecule has 2 rings (SSSR count). The molecular weight excluding hydrogens is 258 g/mol. The highest BCUT2D eigenvalue weighted by Gasteiger charge is 2.02. The number of fused-ring (bicyclic) bond motifs is 1. The molecule has 3 heteroatoms. The van der Waals surface area contributed by atoms with Crippen LogP contribution >= 0.6 is 11.6 Å². The average molecular weight is 278 g/mol. The SMILES string of the molecule is CCN(CCCl)CCOc1ccc2ccccc2c1. The standard InChI is InChI=1S/C16H20ClNO/c1-2-18(10-9-17)11-12-19-16-8-7-14-5-3-4-6-15(14)13-16/h3-8,13H,2,9-12H2,1H3. The molecule has 0 atom stereocenters. The van der Waals surface area contributed by atoms with E-state index in [1.165, 1.54) is 10.8 Å². The van der Waals surface area contributed by atoms with Gasteiger partial charge in [0, 0.05) is 19.0 Å². The van der Waals surface area contributed by atoms with Gasteiger partial charge in [0.25, 0.3) is 0 Å². The average Bonchev–Trinajstić information content (AvgIpc) is 2.46. The second-order valence-electron chi connectivity index (χ2n) is 4.48. The van der Waals surface area contributed by atoms with E-state index >= 15 is 0 Å². The van der Waals surface area contributed by atoms with Gasteiger partial charge in [-0.3, -0.25) is 4.90 Å². The fraction of sp³-hybridized carbons (Fsp3) is 0.375. The van der Waals surface area contributed by atoms with Gasteiger partial charge in [-0.1, -0.05) is 37.3 Å². The maximum absolute atomic E-state index is 5.81. The molecule has 0 aliphatic carbocycles. The van der Waals surface area contributed by atoms with E-state index in [1.807, 2.05) is 18.2 Å². The summed E-state index contributed by atoms with van der Waals surface area (Å²) >= 11 is 5.75. The molecule has 0 bridgehead atoms. The topological polar surface area (TPSA) is 12.5 Å². The molecule has 102 valence electrons. The lowest BCUT2D eigenvalue weighted by molar-refractivity contribution is 0.224. The Hall–Kier alpha value is -1.25. The fourth-order valence-electron chi connectivity index (χ4n) is 2.10. The molecule has 0 spiro atoms. The van der Waals surface area contributed by atoms with E-state index in [1.54, 1.807) is 0 Å². The first-order chi connectivity index (χ1) is 9.33. The van der Waals surface area contributed by atoms with Crippen LogP contribution in [-0.4, -0.2) is 37.0 Å². The molecule has 0 N–H and O–H groups in total. The van der Waals surface area contributed by atoms with Crippen molar-refractivity contribution in [1.82, 2.24) is 4.90 Å². The minimum atomic E-state index is 0.670. The van der Waals surface area contributed by atoms with Crippen LogP contribution in [0.5, 0.6) is 5.75 Å². The highest BCUT2D eigenvalue weighted by atomic mass is 35.5. The number of rotatable bonds is 7. The maximum Gasteiger partial charge on any atom is 0.120 e. The van der Waals surface area contributed by atoms with Gasteiger partial charge in [-0.25, -0.2) is 0 Å². The molecule has 2 aromatic carbocycles. The van der Waals surface area contributed by atoms with E-state index in [2.05, 4.69) is 36.1 Å². The lowest BCUT2D eigenvalue weighted by Gasteiger charge is -2.19. The third-order valence-corrected chi connectivity index (χ3v) is 3.41. The predicted octanol–water partition coefficient (Wildman–Crippen LogP) is 3.78. The van der Waals surface area contributed by atoms with E-state index < -0.39 is 0 Å². The molecule has 0 fully saturated rings. The fourth-order valence-corrected chi connectivity index (χ4v) is 2.34. The Morgan fingerprint density at radius 1 is 1.05 bits per heavy atom. The third-order valence-electron chi connectivity index (χ3n) is 3.25. The van der Waals surface area contributed by atoms with Crippen molar-refractivity contribution in [3.05, 3.63) is 42.5 Å². The number of ether oxygens (including phenoxy) is 1. The highest BCUT2D eigenvalue weighted by molar-refractivity contribution is 6.18. The highest BCUT2D eigenvalue weighted by Crippen LogP contribution is 2.20. The largest absolute Gasteiger partial charge is 0.492 e. The summed E-state index contributed by atoms with van der Waals surface area (Å²) in [4.78, 5) is 2.29. The minimum Gasteiger partial charge on any atom is -0.492 e. The lowest BCUT2D eigenvalue weighted by atomic mass is 10.1. The van der Waals surface area contributed by atoms with Crippen molar-refractivity contribution in [1.29, 1.82) is 0 Å². The van der Waals surface area contributed by atoms with Gasteiger partial charge in [-0.15, -0.1) is 11.6 Å². The van der Waals surface area contributed by atoms with Crippen LogP contribution in [0.3, 0.4) is 0 Å². The summed E-state index contributed by atoms with van der Waals surface area (Å²) in [5.74, 6) is 1.60. The molecule has 0 saturated carbocycles. The Morgan fingerprint density at radius 3 is 2.58 bits per heavy atom. The number of hydrogen-bond donors (Lipinski definition) is 0. The van der Waals surface area contributed by atoms with Crippen LogP contribution in [-0.2, 0) is 0 Å². The Bertz CT molecular complexity index is 515. The first-order valence-electron chi connectivity index (χ1n) is 6.73. The smallest absolute Gasteiger partial charge is 0.120 e. The minimum absolute atomic E-state index is 0.670. The van der Waals surface area contributed by atoms with Gasteiger partial charge in [-0.2, -0.15) is 0 Å². The molecule has 0 aromatic heterocycles. The normalized spacial score (nSPS) is 11.1. The summed E-state index contributed by atoms with van der Waals surface area (Å²) in [6.45, 7) is 5.68. The molecule has 0 unspecified atom stereocenters. The monoisotopic (exact) mass is 277 g/mol. The van der Waals surface area contributed by atoms with Crippen LogP contribution in [0.15, 0.2) is 42.5 Å². The molecule has 0 heterocycles. The zero-order valence-electron chi connectivity index (χ0n) is 11.3. The maximum atomic E-state index is 5.81. The number of alkyl halides is 1. The second kappa shape index (κ2) is 7.37. The molecule has 0 aliphatic rings. The van der Waals surface area contributed by atoms with Gasteiger partial charge in [0.2, 0.25) is 0 Å². The van der Waals surface area contributed by atoms with E-state index in [0.717, 1.165) is 25.4 Å². The molecule has 0 amide bonds. The van der Waals surface area contributed by atoms with E-state index in [9.17, 15) is 0 Å². The van der Waals surface area contributed by atoms with Crippen LogP contribution in [0, 0.1) is 0 Å². The number of nitrogens with zero attached hydrogens (tertiary/aromatic N) is 1. The number of halogens is 1. The predicted molar refractivity (Wildman–Crippen MR) is 82.3 cm³/mol. The van der Waals surface area contributed by atoms with E-state index in [-0.39, 0.29) is 0 Å². The van der Waals surface area contributed by atoms with Crippen molar-refractivity contribution in [3.8, 4) is 5.75 Å². The molecule has 2 aromatic rings. The molecule has 0 aliphatic heterocycles. The van der Waals surface area contributed by atoms with E-state index in [0.29, 0.717) is 12.5 Å². The quantitative estimate of drug-likeness (QED) is 0.714. The van der Waals surface area contributed by atoms with Crippen LogP contribution in [0.2, 0.25) is 0 Å². The number of hydrogen-bond acceptors (Lipinski definition) is 2. The molecule has 0 radical (unpaired) electrons. The first-order valence-corrected chi connectivity index (χ1v) is 7.27.